The number of carbonyl (C=O) groups is 2. The van der Waals surface area contributed by atoms with Crippen LogP contribution in [0.3, 0.4) is 0 Å². The molecular weight excluding hydrogens is 333 g/mol. The molecule has 2 rings (SSSR count). The largest absolute Gasteiger partial charge is 0.347 e. The molecule has 0 radical (unpaired) electrons. The van der Waals surface area contributed by atoms with Crippen LogP contribution in [-0.2, 0) is 6.54 Å². The van der Waals surface area contributed by atoms with Gasteiger partial charge in [-0.05, 0) is 62.2 Å². The average molecular weight is 357 g/mol. The van der Waals surface area contributed by atoms with E-state index < -0.39 is 0 Å². The van der Waals surface area contributed by atoms with Crippen LogP contribution in [0.15, 0.2) is 48.5 Å². The van der Waals surface area contributed by atoms with Gasteiger partial charge < -0.3 is 16.0 Å². The molecule has 0 aromatic heterocycles. The molecule has 0 heterocycles. The molecule has 0 saturated heterocycles. The second-order valence-electron chi connectivity index (χ2n) is 6.70. The maximum absolute atomic E-state index is 12.8. The number of urea groups is 1. The Morgan fingerprint density at radius 2 is 1.62 bits per heavy atom. The highest BCUT2D eigenvalue weighted by atomic mass is 19.1. The fourth-order valence-corrected chi connectivity index (χ4v) is 2.13. The Bertz CT molecular complexity index is 756. The third-order valence-corrected chi connectivity index (χ3v) is 4.11. The van der Waals surface area contributed by atoms with Crippen molar-refractivity contribution in [2.75, 3.05) is 5.32 Å². The zero-order chi connectivity index (χ0) is 19.2. The zero-order valence-electron chi connectivity index (χ0n) is 15.2. The van der Waals surface area contributed by atoms with E-state index in [1.54, 1.807) is 36.4 Å². The van der Waals surface area contributed by atoms with Crippen LogP contribution in [0.5, 0.6) is 0 Å². The standard InChI is InChI=1S/C20H24FN3O2/c1-4-20(2,3)24-18(25)15-7-11-17(12-8-15)23-19(26)22-13-14-5-9-16(21)10-6-14/h5-12H,4,13H2,1-3H3,(H,24,25)(H2,22,23,26). The minimum Gasteiger partial charge on any atom is -0.347 e. The quantitative estimate of drug-likeness (QED) is 0.729. The Balaban J connectivity index is 1.87. The van der Waals surface area contributed by atoms with E-state index in [9.17, 15) is 14.0 Å². The SMILES string of the molecule is CCC(C)(C)NC(=O)c1ccc(NC(=O)NCc2ccc(F)cc2)cc1. The molecule has 3 amide bonds. The number of anilines is 1. The summed E-state index contributed by atoms with van der Waals surface area (Å²) < 4.78 is 12.8. The van der Waals surface area contributed by atoms with Crippen LogP contribution < -0.4 is 16.0 Å². The second-order valence-corrected chi connectivity index (χ2v) is 6.70. The number of amides is 3. The molecule has 0 bridgehead atoms. The van der Waals surface area contributed by atoms with Gasteiger partial charge in [-0.25, -0.2) is 9.18 Å². The van der Waals surface area contributed by atoms with Crippen LogP contribution in [0.1, 0.15) is 43.1 Å². The van der Waals surface area contributed by atoms with Gasteiger partial charge in [0.2, 0.25) is 0 Å². The Morgan fingerprint density at radius 3 is 2.19 bits per heavy atom. The third kappa shape index (κ3) is 5.88. The highest BCUT2D eigenvalue weighted by Crippen LogP contribution is 2.13. The van der Waals surface area contributed by atoms with Crippen molar-refractivity contribution in [3.63, 3.8) is 0 Å². The van der Waals surface area contributed by atoms with Crippen LogP contribution in [-0.4, -0.2) is 17.5 Å². The summed E-state index contributed by atoms with van der Waals surface area (Å²) >= 11 is 0. The van der Waals surface area contributed by atoms with Gasteiger partial charge in [-0.1, -0.05) is 19.1 Å². The van der Waals surface area contributed by atoms with E-state index in [-0.39, 0.29) is 23.3 Å². The van der Waals surface area contributed by atoms with E-state index in [1.165, 1.54) is 12.1 Å². The van der Waals surface area contributed by atoms with Gasteiger partial charge in [0.25, 0.3) is 5.91 Å². The average Bonchev–Trinajstić information content (AvgIpc) is 2.61. The summed E-state index contributed by atoms with van der Waals surface area (Å²) in [6, 6.07) is 12.2. The number of hydrogen-bond acceptors (Lipinski definition) is 2. The van der Waals surface area contributed by atoms with Crippen molar-refractivity contribution in [2.45, 2.75) is 39.3 Å². The van der Waals surface area contributed by atoms with Crippen LogP contribution in [0, 0.1) is 5.82 Å². The van der Waals surface area contributed by atoms with E-state index in [1.807, 2.05) is 20.8 Å². The summed E-state index contributed by atoms with van der Waals surface area (Å²) in [7, 11) is 0. The number of rotatable bonds is 6. The van der Waals surface area contributed by atoms with Crippen molar-refractivity contribution in [3.8, 4) is 0 Å². The normalized spacial score (nSPS) is 10.9. The highest BCUT2D eigenvalue weighted by molar-refractivity contribution is 5.95. The molecule has 0 fully saturated rings. The lowest BCUT2D eigenvalue weighted by Crippen LogP contribution is -2.42. The lowest BCUT2D eigenvalue weighted by atomic mass is 10.0. The molecule has 3 N–H and O–H groups in total. The van der Waals surface area contributed by atoms with Crippen molar-refractivity contribution in [2.24, 2.45) is 0 Å². The Hall–Kier alpha value is -2.89. The number of halogens is 1. The maximum atomic E-state index is 12.8. The lowest BCUT2D eigenvalue weighted by Gasteiger charge is -2.24. The van der Waals surface area contributed by atoms with Gasteiger partial charge in [0.1, 0.15) is 5.82 Å². The first-order valence-corrected chi connectivity index (χ1v) is 8.51. The fourth-order valence-electron chi connectivity index (χ4n) is 2.13. The van der Waals surface area contributed by atoms with E-state index in [2.05, 4.69) is 16.0 Å². The smallest absolute Gasteiger partial charge is 0.319 e. The maximum Gasteiger partial charge on any atom is 0.319 e. The molecule has 26 heavy (non-hydrogen) atoms. The third-order valence-electron chi connectivity index (χ3n) is 4.11. The topological polar surface area (TPSA) is 70.2 Å². The van der Waals surface area contributed by atoms with E-state index >= 15 is 0 Å². The van der Waals surface area contributed by atoms with Crippen molar-refractivity contribution in [3.05, 3.63) is 65.5 Å². The first kappa shape index (κ1) is 19.4. The first-order valence-electron chi connectivity index (χ1n) is 8.51. The zero-order valence-corrected chi connectivity index (χ0v) is 15.2. The van der Waals surface area contributed by atoms with Gasteiger partial charge in [-0.15, -0.1) is 0 Å². The second kappa shape index (κ2) is 8.47. The molecule has 0 aliphatic rings. The summed E-state index contributed by atoms with van der Waals surface area (Å²) in [5.41, 5.74) is 1.64. The van der Waals surface area contributed by atoms with Gasteiger partial charge >= 0.3 is 6.03 Å². The molecule has 138 valence electrons. The lowest BCUT2D eigenvalue weighted by molar-refractivity contribution is 0.0911. The molecule has 0 spiro atoms. The molecule has 0 aliphatic carbocycles. The molecule has 0 unspecified atom stereocenters. The number of carbonyl (C=O) groups excluding carboxylic acids is 2. The molecule has 0 saturated carbocycles. The van der Waals surface area contributed by atoms with Crippen molar-refractivity contribution < 1.29 is 14.0 Å². The van der Waals surface area contributed by atoms with Gasteiger partial charge in [-0.2, -0.15) is 0 Å². The van der Waals surface area contributed by atoms with Gasteiger partial charge in [0.05, 0.1) is 0 Å². The molecule has 2 aromatic rings. The molecule has 0 atom stereocenters. The first-order chi connectivity index (χ1) is 12.3. The Labute approximate surface area is 153 Å². The van der Waals surface area contributed by atoms with E-state index in [0.29, 0.717) is 17.8 Å². The summed E-state index contributed by atoms with van der Waals surface area (Å²) in [5.74, 6) is -0.464. The molecular formula is C20H24FN3O2. The van der Waals surface area contributed by atoms with Crippen LogP contribution >= 0.6 is 0 Å². The van der Waals surface area contributed by atoms with Gasteiger partial charge in [0, 0.05) is 23.3 Å². The predicted molar refractivity (Wildman–Crippen MR) is 101 cm³/mol. The number of hydrogen-bond donors (Lipinski definition) is 3. The summed E-state index contributed by atoms with van der Waals surface area (Å²) in [6.07, 6.45) is 0.826. The fraction of sp³-hybridized carbons (Fsp3) is 0.300. The minimum absolute atomic E-state index is 0.149. The van der Waals surface area contributed by atoms with E-state index in [0.717, 1.165) is 12.0 Å². The van der Waals surface area contributed by atoms with Crippen LogP contribution in [0.2, 0.25) is 0 Å². The summed E-state index contributed by atoms with van der Waals surface area (Å²) in [5, 5.41) is 8.34. The number of nitrogens with one attached hydrogen (secondary N) is 3. The van der Waals surface area contributed by atoms with E-state index in [4.69, 9.17) is 0 Å². The molecule has 5 nitrogen and oxygen atoms in total. The highest BCUT2D eigenvalue weighted by Gasteiger charge is 2.18. The van der Waals surface area contributed by atoms with Gasteiger partial charge in [-0.3, -0.25) is 4.79 Å². The molecule has 6 heteroatoms. The monoisotopic (exact) mass is 357 g/mol. The predicted octanol–water partition coefficient (Wildman–Crippen LogP) is 4.07. The van der Waals surface area contributed by atoms with Crippen molar-refractivity contribution in [1.29, 1.82) is 0 Å². The van der Waals surface area contributed by atoms with Gasteiger partial charge in [0.15, 0.2) is 0 Å². The summed E-state index contributed by atoms with van der Waals surface area (Å²) in [6.45, 7) is 6.23. The van der Waals surface area contributed by atoms with Crippen molar-refractivity contribution in [1.82, 2.24) is 10.6 Å². The minimum atomic E-state index is -0.376. The Kier molecular flexibility index (Phi) is 6.33. The van der Waals surface area contributed by atoms with Crippen LogP contribution in [0.25, 0.3) is 0 Å². The Morgan fingerprint density at radius 1 is 1.00 bits per heavy atom. The molecule has 2 aromatic carbocycles. The molecule has 0 aliphatic heterocycles. The number of benzene rings is 2. The van der Waals surface area contributed by atoms with Crippen molar-refractivity contribution >= 4 is 17.6 Å². The summed E-state index contributed by atoms with van der Waals surface area (Å²) in [4.78, 5) is 24.1. The van der Waals surface area contributed by atoms with Crippen LogP contribution in [0.4, 0.5) is 14.9 Å².